The minimum atomic E-state index is -0.479. The highest BCUT2D eigenvalue weighted by atomic mass is 32.1. The first kappa shape index (κ1) is 14.6. The summed E-state index contributed by atoms with van der Waals surface area (Å²) in [7, 11) is 0. The number of Topliss-reactive ketones (excluding diaryl/α,β-unsaturated/α-hetero) is 1. The van der Waals surface area contributed by atoms with Crippen molar-refractivity contribution in [3.05, 3.63) is 52.4 Å². The van der Waals surface area contributed by atoms with Gasteiger partial charge in [0.05, 0.1) is 11.4 Å². The van der Waals surface area contributed by atoms with Gasteiger partial charge in [0.1, 0.15) is 6.61 Å². The average Bonchev–Trinajstić information content (AvgIpc) is 3.16. The predicted octanol–water partition coefficient (Wildman–Crippen LogP) is 1.93. The normalized spacial score (nSPS) is 10.8. The first-order valence-corrected chi connectivity index (χ1v) is 7.60. The van der Waals surface area contributed by atoms with Gasteiger partial charge in [-0.05, 0) is 34.7 Å². The third-order valence-electron chi connectivity index (χ3n) is 3.26. The third kappa shape index (κ3) is 2.95. The van der Waals surface area contributed by atoms with E-state index in [0.717, 1.165) is 16.0 Å². The van der Waals surface area contributed by atoms with Crippen LogP contribution in [0, 0.1) is 6.92 Å². The van der Waals surface area contributed by atoms with E-state index in [4.69, 9.17) is 5.11 Å². The fraction of sp³-hybridized carbons (Fsp3) is 0.200. The van der Waals surface area contributed by atoms with E-state index in [0.29, 0.717) is 17.9 Å². The quantitative estimate of drug-likeness (QED) is 0.728. The van der Waals surface area contributed by atoms with Crippen molar-refractivity contribution < 1.29 is 9.90 Å². The van der Waals surface area contributed by atoms with Crippen molar-refractivity contribution in [1.82, 2.24) is 20.2 Å². The molecule has 0 saturated heterocycles. The third-order valence-corrected chi connectivity index (χ3v) is 4.27. The van der Waals surface area contributed by atoms with E-state index < -0.39 is 6.61 Å². The van der Waals surface area contributed by atoms with E-state index in [1.807, 2.05) is 30.5 Å². The Hall–Kier alpha value is -2.38. The lowest BCUT2D eigenvalue weighted by atomic mass is 10.1. The Morgan fingerprint density at radius 3 is 2.68 bits per heavy atom. The van der Waals surface area contributed by atoms with Gasteiger partial charge in [-0.15, -0.1) is 21.5 Å². The molecule has 0 aliphatic carbocycles. The topological polar surface area (TPSA) is 80.9 Å². The zero-order valence-corrected chi connectivity index (χ0v) is 12.7. The first-order valence-electron chi connectivity index (χ1n) is 6.72. The van der Waals surface area contributed by atoms with Crippen LogP contribution in [0.25, 0.3) is 10.7 Å². The summed E-state index contributed by atoms with van der Waals surface area (Å²) in [5, 5.41) is 23.3. The molecule has 6 nitrogen and oxygen atoms in total. The molecule has 0 bridgehead atoms. The summed E-state index contributed by atoms with van der Waals surface area (Å²) in [5.74, 6) is 0.334. The number of benzene rings is 1. The molecule has 22 heavy (non-hydrogen) atoms. The average molecular weight is 314 g/mol. The number of carbonyl (C=O) groups excluding carboxylic acids is 1. The van der Waals surface area contributed by atoms with Crippen molar-refractivity contribution >= 4 is 17.1 Å². The van der Waals surface area contributed by atoms with Crippen molar-refractivity contribution in [1.29, 1.82) is 0 Å². The molecule has 1 N–H and O–H groups in total. The highest BCUT2D eigenvalue weighted by Crippen LogP contribution is 2.25. The predicted molar refractivity (Wildman–Crippen MR) is 82.8 cm³/mol. The maximum atomic E-state index is 11.4. The van der Waals surface area contributed by atoms with Crippen LogP contribution in [0.3, 0.4) is 0 Å². The van der Waals surface area contributed by atoms with Crippen LogP contribution >= 0.6 is 11.3 Å². The van der Waals surface area contributed by atoms with E-state index >= 15 is 0 Å². The Labute approximate surface area is 131 Å². The zero-order valence-electron chi connectivity index (χ0n) is 11.9. The summed E-state index contributed by atoms with van der Waals surface area (Å²) in [6, 6.07) is 9.05. The van der Waals surface area contributed by atoms with Gasteiger partial charge in [-0.2, -0.15) is 4.80 Å². The molecule has 2 aromatic heterocycles. The molecule has 3 aromatic rings. The van der Waals surface area contributed by atoms with Gasteiger partial charge in [0.25, 0.3) is 0 Å². The number of hydrogen-bond acceptors (Lipinski definition) is 6. The molecule has 0 unspecified atom stereocenters. The van der Waals surface area contributed by atoms with Crippen LogP contribution < -0.4 is 0 Å². The standard InChI is InChI=1S/C15H14N4O2S/c1-10-6-7-22-14(10)15-16-18-19(17-15)8-11-2-4-12(5-3-11)13(21)9-20/h2-7,20H,8-9H2,1H3. The van der Waals surface area contributed by atoms with Crippen LogP contribution in [0.5, 0.6) is 0 Å². The Balaban J connectivity index is 1.75. The first-order chi connectivity index (χ1) is 10.7. The summed E-state index contributed by atoms with van der Waals surface area (Å²) in [5.41, 5.74) is 2.59. The second-order valence-corrected chi connectivity index (χ2v) is 5.77. The molecule has 0 atom stereocenters. The van der Waals surface area contributed by atoms with E-state index in [-0.39, 0.29) is 5.78 Å². The highest BCUT2D eigenvalue weighted by Gasteiger charge is 2.10. The number of aromatic nitrogens is 4. The molecule has 0 amide bonds. The Bertz CT molecular complexity index is 792. The minimum Gasteiger partial charge on any atom is -0.388 e. The molecule has 2 heterocycles. The SMILES string of the molecule is Cc1ccsc1-c1nnn(Cc2ccc(C(=O)CO)cc2)n1. The van der Waals surface area contributed by atoms with Gasteiger partial charge in [0, 0.05) is 5.56 Å². The molecular formula is C15H14N4O2S. The second kappa shape index (κ2) is 6.17. The number of nitrogens with zero attached hydrogens (tertiary/aromatic N) is 4. The molecule has 0 radical (unpaired) electrons. The van der Waals surface area contributed by atoms with Gasteiger partial charge in [-0.3, -0.25) is 4.79 Å². The molecule has 1 aromatic carbocycles. The van der Waals surface area contributed by atoms with Gasteiger partial charge in [0.15, 0.2) is 5.78 Å². The molecule has 112 valence electrons. The van der Waals surface area contributed by atoms with E-state index in [9.17, 15) is 4.79 Å². The van der Waals surface area contributed by atoms with Gasteiger partial charge in [-0.25, -0.2) is 0 Å². The minimum absolute atomic E-state index is 0.291. The summed E-state index contributed by atoms with van der Waals surface area (Å²) < 4.78 is 0. The second-order valence-electron chi connectivity index (χ2n) is 4.85. The summed E-state index contributed by atoms with van der Waals surface area (Å²) in [6.45, 7) is 2.02. The van der Waals surface area contributed by atoms with Crippen LogP contribution in [0.2, 0.25) is 0 Å². The van der Waals surface area contributed by atoms with E-state index in [2.05, 4.69) is 15.4 Å². The Morgan fingerprint density at radius 2 is 2.05 bits per heavy atom. The highest BCUT2D eigenvalue weighted by molar-refractivity contribution is 7.13. The fourth-order valence-corrected chi connectivity index (χ4v) is 2.90. The number of ketones is 1. The zero-order chi connectivity index (χ0) is 15.5. The largest absolute Gasteiger partial charge is 0.388 e. The lowest BCUT2D eigenvalue weighted by Gasteiger charge is -2.01. The number of thiophene rings is 1. The Kier molecular flexibility index (Phi) is 4.08. The number of aliphatic hydroxyl groups excluding tert-OH is 1. The van der Waals surface area contributed by atoms with Crippen LogP contribution in [-0.2, 0) is 6.54 Å². The molecule has 0 saturated carbocycles. The summed E-state index contributed by atoms with van der Waals surface area (Å²) >= 11 is 1.59. The molecule has 0 spiro atoms. The summed E-state index contributed by atoms with van der Waals surface area (Å²) in [6.07, 6.45) is 0. The van der Waals surface area contributed by atoms with E-state index in [1.54, 1.807) is 23.5 Å². The lowest BCUT2D eigenvalue weighted by Crippen LogP contribution is -2.06. The number of aryl methyl sites for hydroxylation is 1. The number of hydrogen-bond donors (Lipinski definition) is 1. The maximum absolute atomic E-state index is 11.4. The number of aliphatic hydroxyl groups is 1. The van der Waals surface area contributed by atoms with Crippen molar-refractivity contribution in [3.63, 3.8) is 0 Å². The van der Waals surface area contributed by atoms with Gasteiger partial charge < -0.3 is 5.11 Å². The number of carbonyl (C=O) groups is 1. The number of tetrazole rings is 1. The van der Waals surface area contributed by atoms with E-state index in [1.165, 1.54) is 4.80 Å². The summed E-state index contributed by atoms with van der Waals surface area (Å²) in [4.78, 5) is 13.9. The maximum Gasteiger partial charge on any atom is 0.215 e. The van der Waals surface area contributed by atoms with Crippen molar-refractivity contribution in [2.75, 3.05) is 6.61 Å². The molecule has 0 aliphatic rings. The molecule has 0 aliphatic heterocycles. The molecule has 7 heteroatoms. The van der Waals surface area contributed by atoms with Crippen LogP contribution in [0.4, 0.5) is 0 Å². The van der Waals surface area contributed by atoms with Gasteiger partial charge in [0.2, 0.25) is 5.82 Å². The molecular weight excluding hydrogens is 300 g/mol. The van der Waals surface area contributed by atoms with Gasteiger partial charge >= 0.3 is 0 Å². The molecule has 0 fully saturated rings. The van der Waals surface area contributed by atoms with Gasteiger partial charge in [-0.1, -0.05) is 24.3 Å². The van der Waals surface area contributed by atoms with Crippen LogP contribution in [0.15, 0.2) is 35.7 Å². The molecule has 3 rings (SSSR count). The van der Waals surface area contributed by atoms with Crippen LogP contribution in [0.1, 0.15) is 21.5 Å². The van der Waals surface area contributed by atoms with Crippen molar-refractivity contribution in [2.45, 2.75) is 13.5 Å². The number of rotatable bonds is 5. The van der Waals surface area contributed by atoms with Crippen molar-refractivity contribution in [2.24, 2.45) is 0 Å². The smallest absolute Gasteiger partial charge is 0.215 e. The lowest BCUT2D eigenvalue weighted by molar-refractivity contribution is 0.0903. The van der Waals surface area contributed by atoms with Crippen molar-refractivity contribution in [3.8, 4) is 10.7 Å². The monoisotopic (exact) mass is 314 g/mol. The fourth-order valence-electron chi connectivity index (χ4n) is 2.05. The Morgan fingerprint density at radius 1 is 1.27 bits per heavy atom. The van der Waals surface area contributed by atoms with Crippen LogP contribution in [-0.4, -0.2) is 37.7 Å².